The fourth-order valence-electron chi connectivity index (χ4n) is 10.1. The van der Waals surface area contributed by atoms with E-state index in [0.29, 0.717) is 5.82 Å². The number of nitrogens with zero attached hydrogens (tertiary/aromatic N) is 3. The molecule has 2 aliphatic rings. The molecule has 0 amide bonds. The first-order valence-electron chi connectivity index (χ1n) is 21.7. The minimum Gasteiger partial charge on any atom is -0.310 e. The van der Waals surface area contributed by atoms with Gasteiger partial charge in [0.05, 0.1) is 28.2 Å². The van der Waals surface area contributed by atoms with E-state index in [2.05, 4.69) is 169 Å². The van der Waals surface area contributed by atoms with E-state index in [9.17, 15) is 0 Å². The van der Waals surface area contributed by atoms with Gasteiger partial charge in [-0.1, -0.05) is 218 Å². The van der Waals surface area contributed by atoms with Gasteiger partial charge in [-0.15, -0.1) is 0 Å². The molecule has 12 rings (SSSR count). The molecule has 5 heteroatoms. The van der Waals surface area contributed by atoms with E-state index in [-0.39, 0.29) is 0 Å². The lowest BCUT2D eigenvalue weighted by Crippen LogP contribution is -2.37. The van der Waals surface area contributed by atoms with Crippen LogP contribution in [0.3, 0.4) is 0 Å². The fourth-order valence-corrected chi connectivity index (χ4v) is 12.8. The molecule has 2 heterocycles. The molecule has 1 aliphatic carbocycles. The van der Waals surface area contributed by atoms with Gasteiger partial charge in [0.1, 0.15) is 0 Å². The average molecular weight is 838 g/mol. The fraction of sp³-hybridized carbons (Fsp3) is 0.0169. The van der Waals surface area contributed by atoms with Crippen LogP contribution in [-0.4, -0.2) is 9.97 Å². The van der Waals surface area contributed by atoms with Crippen LogP contribution < -0.4 is 20.8 Å². The zero-order chi connectivity index (χ0) is 42.7. The Morgan fingerprint density at radius 3 is 1.39 bits per heavy atom. The van der Waals surface area contributed by atoms with E-state index >= 15 is 4.57 Å². The highest BCUT2D eigenvalue weighted by atomic mass is 31.2. The molecule has 0 saturated carbocycles. The Kier molecular flexibility index (Phi) is 8.96. The maximum atomic E-state index is 15.1. The zero-order valence-corrected chi connectivity index (χ0v) is 35.7. The molecule has 0 fully saturated rings. The number of benzene rings is 9. The van der Waals surface area contributed by atoms with Crippen LogP contribution in [-0.2, 0) is 9.98 Å². The molecule has 64 heavy (non-hydrogen) atoms. The Morgan fingerprint density at radius 2 is 0.812 bits per heavy atom. The number of fused-ring (bicyclic) bond motifs is 9. The van der Waals surface area contributed by atoms with Crippen LogP contribution >= 0.6 is 7.14 Å². The van der Waals surface area contributed by atoms with Crippen molar-refractivity contribution < 1.29 is 4.57 Å². The summed E-state index contributed by atoms with van der Waals surface area (Å²) >= 11 is 0. The van der Waals surface area contributed by atoms with Gasteiger partial charge in [-0.2, -0.15) is 0 Å². The third-order valence-corrected chi connectivity index (χ3v) is 16.0. The smallest absolute Gasteiger partial charge is 0.171 e. The summed E-state index contributed by atoms with van der Waals surface area (Å²) in [5.41, 5.74) is 14.3. The number of hydrogen-bond donors (Lipinski definition) is 0. The van der Waals surface area contributed by atoms with Gasteiger partial charge in [0.2, 0.25) is 0 Å². The van der Waals surface area contributed by atoms with Crippen molar-refractivity contribution in [3.8, 4) is 44.9 Å². The topological polar surface area (TPSA) is 46.1 Å². The summed E-state index contributed by atoms with van der Waals surface area (Å²) in [6.45, 7) is 0. The molecular formula is C59H40N3OP. The van der Waals surface area contributed by atoms with Gasteiger partial charge in [0.15, 0.2) is 13.0 Å². The number of rotatable bonds is 7. The van der Waals surface area contributed by atoms with Gasteiger partial charge in [-0.25, -0.2) is 9.97 Å². The van der Waals surface area contributed by atoms with Gasteiger partial charge in [0.25, 0.3) is 0 Å². The molecule has 0 bridgehead atoms. The molecule has 0 radical (unpaired) electrons. The Labute approximate surface area is 373 Å². The van der Waals surface area contributed by atoms with Gasteiger partial charge >= 0.3 is 0 Å². The molecule has 4 nitrogen and oxygen atoms in total. The van der Waals surface area contributed by atoms with Crippen LogP contribution in [0.5, 0.6) is 0 Å². The molecule has 0 saturated heterocycles. The lowest BCUT2D eigenvalue weighted by Gasteiger charge is -2.44. The second-order valence-electron chi connectivity index (χ2n) is 16.4. The highest BCUT2D eigenvalue weighted by Gasteiger charge is 2.54. The second kappa shape index (κ2) is 15.2. The molecule has 0 atom stereocenters. The predicted octanol–water partition coefficient (Wildman–Crippen LogP) is 13.3. The van der Waals surface area contributed by atoms with Gasteiger partial charge in [0, 0.05) is 38.3 Å². The highest BCUT2D eigenvalue weighted by molar-refractivity contribution is 7.85. The van der Waals surface area contributed by atoms with Crippen molar-refractivity contribution in [2.24, 2.45) is 0 Å². The Balaban J connectivity index is 1.03. The van der Waals surface area contributed by atoms with Gasteiger partial charge < -0.3 is 9.46 Å². The van der Waals surface area contributed by atoms with E-state index in [1.165, 1.54) is 16.7 Å². The standard InChI is InChI=1S/C59H40N3OP/c63-64(46-23-9-3-10-24-46,47-25-11-4-12-26-47)48-39-37-42(38-40-48)41-33-35-43(36-34-41)56-55-49-27-13-14-28-50(49)59(57(55)61-58(60-56)44-19-5-1-6-20-44)51-29-15-17-31-53(51)62(45-21-7-2-8-22-45)54-32-18-16-30-52(54)59/h1-40H. The third-order valence-electron chi connectivity index (χ3n) is 13.0. The van der Waals surface area contributed by atoms with Crippen LogP contribution in [0.4, 0.5) is 17.1 Å². The van der Waals surface area contributed by atoms with Crippen LogP contribution in [0.2, 0.25) is 0 Å². The molecule has 1 aliphatic heterocycles. The zero-order valence-electron chi connectivity index (χ0n) is 34.8. The van der Waals surface area contributed by atoms with E-state index < -0.39 is 12.6 Å². The van der Waals surface area contributed by atoms with E-state index in [0.717, 1.165) is 77.7 Å². The van der Waals surface area contributed by atoms with Crippen molar-refractivity contribution in [3.05, 3.63) is 265 Å². The van der Waals surface area contributed by atoms with Gasteiger partial charge in [-0.3, -0.25) is 0 Å². The summed E-state index contributed by atoms with van der Waals surface area (Å²) in [4.78, 5) is 13.6. The molecule has 0 unspecified atom stereocenters. The van der Waals surface area contributed by atoms with Crippen molar-refractivity contribution in [1.82, 2.24) is 9.97 Å². The van der Waals surface area contributed by atoms with Crippen LogP contribution in [0.1, 0.15) is 22.4 Å². The highest BCUT2D eigenvalue weighted by Crippen LogP contribution is 2.64. The van der Waals surface area contributed by atoms with Crippen LogP contribution in [0, 0.1) is 0 Å². The minimum absolute atomic E-state index is 0.683. The molecule has 1 aromatic heterocycles. The summed E-state index contributed by atoms with van der Waals surface area (Å²) in [6, 6.07) is 84.1. The Morgan fingerprint density at radius 1 is 0.375 bits per heavy atom. The van der Waals surface area contributed by atoms with E-state index in [1.54, 1.807) is 0 Å². The normalized spacial score (nSPS) is 13.2. The maximum Gasteiger partial charge on any atom is 0.171 e. The Bertz CT molecular complexity index is 3300. The summed E-state index contributed by atoms with van der Waals surface area (Å²) in [5, 5.41) is 2.45. The van der Waals surface area contributed by atoms with Crippen molar-refractivity contribution in [2.45, 2.75) is 5.41 Å². The lowest BCUT2D eigenvalue weighted by atomic mass is 9.66. The Hall–Kier alpha value is -7.91. The van der Waals surface area contributed by atoms with Crippen LogP contribution in [0.25, 0.3) is 44.9 Å². The molecule has 1 spiro atoms. The quantitative estimate of drug-likeness (QED) is 0.150. The SMILES string of the molecule is O=P(c1ccccc1)(c1ccccc1)c1ccc(-c2ccc(-c3nc(-c4ccccc4)nc4c3-c3ccccc3C43c4ccccc4N(c4ccccc4)c4ccccc43)cc2)cc1. The first-order chi connectivity index (χ1) is 31.6. The van der Waals surface area contributed by atoms with Crippen molar-refractivity contribution in [3.63, 3.8) is 0 Å². The largest absolute Gasteiger partial charge is 0.310 e. The summed E-state index contributed by atoms with van der Waals surface area (Å²) < 4.78 is 15.1. The van der Waals surface area contributed by atoms with Crippen molar-refractivity contribution in [2.75, 3.05) is 4.90 Å². The van der Waals surface area contributed by atoms with E-state index in [1.807, 2.05) is 78.9 Å². The molecule has 302 valence electrons. The number of aromatic nitrogens is 2. The summed E-state index contributed by atoms with van der Waals surface area (Å²) in [7, 11) is -3.09. The third kappa shape index (κ3) is 5.73. The monoisotopic (exact) mass is 837 g/mol. The summed E-state index contributed by atoms with van der Waals surface area (Å²) in [6.07, 6.45) is 0. The number of anilines is 3. The molecule has 9 aromatic carbocycles. The molecule has 0 N–H and O–H groups in total. The maximum absolute atomic E-state index is 15.1. The lowest BCUT2D eigenvalue weighted by molar-refractivity contribution is 0.592. The number of hydrogen-bond acceptors (Lipinski definition) is 4. The number of para-hydroxylation sites is 3. The van der Waals surface area contributed by atoms with Crippen molar-refractivity contribution >= 4 is 40.1 Å². The van der Waals surface area contributed by atoms with Gasteiger partial charge in [-0.05, 0) is 57.6 Å². The van der Waals surface area contributed by atoms with Crippen molar-refractivity contribution in [1.29, 1.82) is 0 Å². The van der Waals surface area contributed by atoms with E-state index in [4.69, 9.17) is 9.97 Å². The first-order valence-corrected chi connectivity index (χ1v) is 23.4. The average Bonchev–Trinajstić information content (AvgIpc) is 3.67. The van der Waals surface area contributed by atoms with Crippen LogP contribution in [0.15, 0.2) is 243 Å². The predicted molar refractivity (Wildman–Crippen MR) is 263 cm³/mol. The summed E-state index contributed by atoms with van der Waals surface area (Å²) in [5.74, 6) is 0.683. The molecule has 10 aromatic rings. The minimum atomic E-state index is -3.09. The second-order valence-corrected chi connectivity index (χ2v) is 19.2. The first kappa shape index (κ1) is 37.8. The molecular weight excluding hydrogens is 798 g/mol.